The van der Waals surface area contributed by atoms with Crippen molar-refractivity contribution in [1.82, 2.24) is 4.90 Å². The smallest absolute Gasteiger partial charge is 0.00159 e. The second-order valence-electron chi connectivity index (χ2n) is 3.99. The van der Waals surface area contributed by atoms with E-state index in [1.807, 2.05) is 0 Å². The molecule has 0 bridgehead atoms. The fourth-order valence-corrected chi connectivity index (χ4v) is 1.50. The van der Waals surface area contributed by atoms with Crippen LogP contribution in [0.4, 0.5) is 0 Å². The van der Waals surface area contributed by atoms with E-state index in [0.717, 1.165) is 18.5 Å². The van der Waals surface area contributed by atoms with Crippen LogP contribution in [0.5, 0.6) is 0 Å². The van der Waals surface area contributed by atoms with E-state index in [0.29, 0.717) is 0 Å². The first-order valence-corrected chi connectivity index (χ1v) is 5.00. The number of hydrogen-bond acceptors (Lipinski definition) is 1. The lowest BCUT2D eigenvalue weighted by Gasteiger charge is -2.12. The summed E-state index contributed by atoms with van der Waals surface area (Å²) < 4.78 is 0. The van der Waals surface area contributed by atoms with Crippen molar-refractivity contribution in [3.8, 4) is 0 Å². The van der Waals surface area contributed by atoms with Crippen molar-refractivity contribution in [2.75, 3.05) is 20.6 Å². The maximum atomic E-state index is 4.00. The van der Waals surface area contributed by atoms with E-state index in [-0.39, 0.29) is 0 Å². The zero-order valence-corrected chi connectivity index (χ0v) is 9.38. The third kappa shape index (κ3) is 3.00. The predicted octanol–water partition coefficient (Wildman–Crippen LogP) is 2.82. The van der Waals surface area contributed by atoms with Crippen LogP contribution in [0.3, 0.4) is 0 Å². The quantitative estimate of drug-likeness (QED) is 0.704. The van der Waals surface area contributed by atoms with Crippen molar-refractivity contribution < 1.29 is 0 Å². The molecular formula is C13H19N. The molecule has 1 nitrogen and oxygen atoms in total. The minimum Gasteiger partial charge on any atom is -0.309 e. The lowest BCUT2D eigenvalue weighted by molar-refractivity contribution is 0.413. The van der Waals surface area contributed by atoms with Crippen LogP contribution in [-0.2, 0) is 6.42 Å². The summed E-state index contributed by atoms with van der Waals surface area (Å²) in [6.07, 6.45) is 1.09. The molecule has 0 atom stereocenters. The summed E-state index contributed by atoms with van der Waals surface area (Å²) in [7, 11) is 4.20. The van der Waals surface area contributed by atoms with Gasteiger partial charge in [-0.05, 0) is 38.6 Å². The van der Waals surface area contributed by atoms with Gasteiger partial charge in [0, 0.05) is 6.54 Å². The highest BCUT2D eigenvalue weighted by atomic mass is 15.0. The molecule has 0 aliphatic heterocycles. The molecular weight excluding hydrogens is 170 g/mol. The first-order valence-electron chi connectivity index (χ1n) is 5.00. The van der Waals surface area contributed by atoms with E-state index in [1.54, 1.807) is 0 Å². The van der Waals surface area contributed by atoms with Crippen molar-refractivity contribution in [1.29, 1.82) is 0 Å². The summed E-state index contributed by atoms with van der Waals surface area (Å²) in [4.78, 5) is 2.20. The van der Waals surface area contributed by atoms with E-state index >= 15 is 0 Å². The van der Waals surface area contributed by atoms with E-state index in [9.17, 15) is 0 Å². The fraction of sp³-hybridized carbons (Fsp3) is 0.385. The molecule has 0 heterocycles. The van der Waals surface area contributed by atoms with E-state index in [1.165, 1.54) is 11.1 Å². The Morgan fingerprint density at radius 3 is 2.50 bits per heavy atom. The first-order chi connectivity index (χ1) is 6.61. The first kappa shape index (κ1) is 11.0. The molecule has 0 aliphatic rings. The lowest BCUT2D eigenvalue weighted by atomic mass is 10.00. The minimum absolute atomic E-state index is 1.09. The van der Waals surface area contributed by atoms with Crippen LogP contribution < -0.4 is 0 Å². The number of allylic oxidation sites excluding steroid dienone is 1. The maximum Gasteiger partial charge on any atom is 0.00159 e. The molecule has 0 radical (unpaired) electrons. The molecule has 14 heavy (non-hydrogen) atoms. The van der Waals surface area contributed by atoms with Crippen LogP contribution in [0.25, 0.3) is 5.57 Å². The van der Waals surface area contributed by atoms with Crippen LogP contribution in [0, 0.1) is 0 Å². The second kappa shape index (κ2) is 4.97. The van der Waals surface area contributed by atoms with Gasteiger partial charge in [0.15, 0.2) is 0 Å². The van der Waals surface area contributed by atoms with Gasteiger partial charge in [-0.2, -0.15) is 0 Å². The number of nitrogens with zero attached hydrogens (tertiary/aromatic N) is 1. The van der Waals surface area contributed by atoms with Crippen molar-refractivity contribution in [3.63, 3.8) is 0 Å². The zero-order valence-electron chi connectivity index (χ0n) is 9.38. The van der Waals surface area contributed by atoms with Gasteiger partial charge < -0.3 is 4.90 Å². The summed E-state index contributed by atoms with van der Waals surface area (Å²) in [5.41, 5.74) is 3.85. The minimum atomic E-state index is 1.09. The SMILES string of the molecule is C=C(C)c1ccccc1CCN(C)C. The summed E-state index contributed by atoms with van der Waals surface area (Å²) in [5, 5.41) is 0. The standard InChI is InChI=1S/C13H19N/c1-11(2)13-8-6-5-7-12(13)9-10-14(3)4/h5-8H,1,9-10H2,2-4H3. The van der Waals surface area contributed by atoms with Gasteiger partial charge in [0.2, 0.25) is 0 Å². The van der Waals surface area contributed by atoms with Gasteiger partial charge in [-0.25, -0.2) is 0 Å². The van der Waals surface area contributed by atoms with Crippen LogP contribution in [0.2, 0.25) is 0 Å². The molecule has 0 fully saturated rings. The van der Waals surface area contributed by atoms with Crippen LogP contribution in [0.1, 0.15) is 18.1 Å². The average Bonchev–Trinajstić information content (AvgIpc) is 2.15. The summed E-state index contributed by atoms with van der Waals surface area (Å²) >= 11 is 0. The summed E-state index contributed by atoms with van der Waals surface area (Å²) in [6.45, 7) is 7.15. The zero-order chi connectivity index (χ0) is 10.6. The van der Waals surface area contributed by atoms with Crippen molar-refractivity contribution in [2.24, 2.45) is 0 Å². The number of likely N-dealkylation sites (N-methyl/N-ethyl adjacent to an activating group) is 1. The molecule has 1 rings (SSSR count). The molecule has 0 saturated carbocycles. The average molecular weight is 189 g/mol. The Labute approximate surface area is 87.1 Å². The predicted molar refractivity (Wildman–Crippen MR) is 63.4 cm³/mol. The number of hydrogen-bond donors (Lipinski definition) is 0. The summed E-state index contributed by atoms with van der Waals surface area (Å²) in [5.74, 6) is 0. The molecule has 0 saturated heterocycles. The van der Waals surface area contributed by atoms with Crippen molar-refractivity contribution in [2.45, 2.75) is 13.3 Å². The molecule has 0 aliphatic carbocycles. The van der Waals surface area contributed by atoms with E-state index < -0.39 is 0 Å². The topological polar surface area (TPSA) is 3.24 Å². The highest BCUT2D eigenvalue weighted by Gasteiger charge is 2.02. The Morgan fingerprint density at radius 1 is 1.29 bits per heavy atom. The Kier molecular flexibility index (Phi) is 3.90. The third-order valence-electron chi connectivity index (χ3n) is 2.31. The highest BCUT2D eigenvalue weighted by Crippen LogP contribution is 2.17. The van der Waals surface area contributed by atoms with Gasteiger partial charge in [0.1, 0.15) is 0 Å². The van der Waals surface area contributed by atoms with Crippen molar-refractivity contribution in [3.05, 3.63) is 42.0 Å². The number of benzene rings is 1. The molecule has 0 amide bonds. The monoisotopic (exact) mass is 189 g/mol. The van der Waals surface area contributed by atoms with Gasteiger partial charge in [-0.1, -0.05) is 36.4 Å². The molecule has 0 N–H and O–H groups in total. The molecule has 1 aromatic rings. The fourth-order valence-electron chi connectivity index (χ4n) is 1.50. The molecule has 0 unspecified atom stereocenters. The van der Waals surface area contributed by atoms with Crippen LogP contribution >= 0.6 is 0 Å². The van der Waals surface area contributed by atoms with Crippen LogP contribution in [0.15, 0.2) is 30.8 Å². The van der Waals surface area contributed by atoms with E-state index in [4.69, 9.17) is 0 Å². The molecule has 1 aromatic carbocycles. The third-order valence-corrected chi connectivity index (χ3v) is 2.31. The second-order valence-corrected chi connectivity index (χ2v) is 3.99. The Bertz CT molecular complexity index is 313. The van der Waals surface area contributed by atoms with E-state index in [2.05, 4.69) is 56.8 Å². The number of rotatable bonds is 4. The molecule has 1 heteroatoms. The summed E-state index contributed by atoms with van der Waals surface area (Å²) in [6, 6.07) is 8.50. The lowest BCUT2D eigenvalue weighted by Crippen LogP contribution is -2.15. The van der Waals surface area contributed by atoms with Gasteiger partial charge >= 0.3 is 0 Å². The normalized spacial score (nSPS) is 10.6. The highest BCUT2D eigenvalue weighted by molar-refractivity contribution is 5.64. The van der Waals surface area contributed by atoms with Gasteiger partial charge in [0.25, 0.3) is 0 Å². The van der Waals surface area contributed by atoms with Gasteiger partial charge in [-0.3, -0.25) is 0 Å². The maximum absolute atomic E-state index is 4.00. The molecule has 0 aromatic heterocycles. The van der Waals surface area contributed by atoms with Crippen molar-refractivity contribution >= 4 is 5.57 Å². The molecule has 76 valence electrons. The largest absolute Gasteiger partial charge is 0.309 e. The Morgan fingerprint density at radius 2 is 1.93 bits per heavy atom. The Hall–Kier alpha value is -1.08. The van der Waals surface area contributed by atoms with Crippen LogP contribution in [-0.4, -0.2) is 25.5 Å². The molecule has 0 spiro atoms. The van der Waals surface area contributed by atoms with Gasteiger partial charge in [-0.15, -0.1) is 0 Å². The van der Waals surface area contributed by atoms with Gasteiger partial charge in [0.05, 0.1) is 0 Å². The Balaban J connectivity index is 2.79.